The van der Waals surface area contributed by atoms with Crippen molar-refractivity contribution in [2.45, 2.75) is 58.0 Å². The van der Waals surface area contributed by atoms with Gasteiger partial charge in [0.1, 0.15) is 6.61 Å². The lowest BCUT2D eigenvalue weighted by atomic mass is 9.46. The van der Waals surface area contributed by atoms with Gasteiger partial charge in [-0.25, -0.2) is 0 Å². The summed E-state index contributed by atoms with van der Waals surface area (Å²) in [6.07, 6.45) is 8.92. The summed E-state index contributed by atoms with van der Waals surface area (Å²) in [4.78, 5) is 24.3. The predicted molar refractivity (Wildman–Crippen MR) is 91.7 cm³/mol. The van der Waals surface area contributed by atoms with Crippen LogP contribution in [-0.2, 0) is 14.3 Å². The van der Waals surface area contributed by atoms with Crippen molar-refractivity contribution in [2.24, 2.45) is 34.5 Å². The Morgan fingerprint density at radius 1 is 1.28 bits per heavy atom. The zero-order chi connectivity index (χ0) is 17.4. The standard InChI is InChI=1S/C21H28O4/c1-20-6-5-15-13(14(20)2-3-16(20)18(24)10-22)9-19-17-8-12(23)4-7-21(15,17)11-25-19/h8,13-16,19,22H,2-7,9-11H2,1H3/t13-,14-,15-,16+,19+,20-,21-/m0/s1. The molecule has 0 unspecified atom stereocenters. The van der Waals surface area contributed by atoms with Crippen molar-refractivity contribution < 1.29 is 19.4 Å². The molecule has 0 aromatic rings. The summed E-state index contributed by atoms with van der Waals surface area (Å²) in [5.74, 6) is 2.12. The smallest absolute Gasteiger partial charge is 0.161 e. The van der Waals surface area contributed by atoms with Crippen molar-refractivity contribution in [3.63, 3.8) is 0 Å². The van der Waals surface area contributed by atoms with Crippen LogP contribution in [0.2, 0.25) is 0 Å². The fraction of sp³-hybridized carbons (Fsp3) is 0.810. The van der Waals surface area contributed by atoms with E-state index in [-0.39, 0.29) is 41.0 Å². The van der Waals surface area contributed by atoms with Gasteiger partial charge in [-0.15, -0.1) is 0 Å². The Balaban J connectivity index is 1.51. The molecule has 1 heterocycles. The lowest BCUT2D eigenvalue weighted by Crippen LogP contribution is -2.53. The molecule has 2 bridgehead atoms. The Morgan fingerprint density at radius 3 is 2.92 bits per heavy atom. The molecule has 0 aromatic carbocycles. The maximum atomic E-state index is 12.3. The van der Waals surface area contributed by atoms with Crippen LogP contribution >= 0.6 is 0 Å². The van der Waals surface area contributed by atoms with Gasteiger partial charge in [-0.1, -0.05) is 6.92 Å². The van der Waals surface area contributed by atoms with Crippen LogP contribution in [0, 0.1) is 34.5 Å². The lowest BCUT2D eigenvalue weighted by molar-refractivity contribution is -0.132. The van der Waals surface area contributed by atoms with Crippen LogP contribution < -0.4 is 0 Å². The van der Waals surface area contributed by atoms with Gasteiger partial charge in [-0.3, -0.25) is 9.59 Å². The van der Waals surface area contributed by atoms with Gasteiger partial charge in [0.05, 0.1) is 12.7 Å². The van der Waals surface area contributed by atoms with E-state index in [2.05, 4.69) is 6.92 Å². The lowest BCUT2D eigenvalue weighted by Gasteiger charge is -2.56. The molecule has 3 saturated carbocycles. The van der Waals surface area contributed by atoms with E-state index in [1.54, 1.807) is 0 Å². The van der Waals surface area contributed by atoms with Crippen LogP contribution in [0.4, 0.5) is 0 Å². The Bertz CT molecular complexity index is 667. The molecule has 5 aliphatic rings. The van der Waals surface area contributed by atoms with Gasteiger partial charge < -0.3 is 9.84 Å². The molecule has 7 atom stereocenters. The second-order valence-corrected chi connectivity index (χ2v) is 9.43. The molecule has 4 aliphatic carbocycles. The number of Topliss-reactive ketones (excluding diaryl/α,β-unsaturated/α-hetero) is 1. The topological polar surface area (TPSA) is 63.6 Å². The minimum atomic E-state index is -0.314. The van der Waals surface area contributed by atoms with Crippen molar-refractivity contribution in [3.8, 4) is 0 Å². The summed E-state index contributed by atoms with van der Waals surface area (Å²) in [6.45, 7) is 2.78. The van der Waals surface area contributed by atoms with Crippen molar-refractivity contribution in [1.82, 2.24) is 0 Å². The van der Waals surface area contributed by atoms with Gasteiger partial charge in [0.2, 0.25) is 0 Å². The molecule has 5 rings (SSSR count). The number of fused-ring (bicyclic) bond motifs is 3. The Hall–Kier alpha value is -1.00. The van der Waals surface area contributed by atoms with Crippen LogP contribution in [0.15, 0.2) is 11.6 Å². The van der Waals surface area contributed by atoms with Crippen LogP contribution in [0.3, 0.4) is 0 Å². The number of carbonyl (C=O) groups is 2. The molecule has 0 aromatic heterocycles. The number of carbonyl (C=O) groups excluding carboxylic acids is 2. The number of ether oxygens (including phenoxy) is 1. The molecule has 136 valence electrons. The van der Waals surface area contributed by atoms with Gasteiger partial charge in [0, 0.05) is 17.8 Å². The number of rotatable bonds is 2. The fourth-order valence-electron chi connectivity index (χ4n) is 7.68. The first-order valence-electron chi connectivity index (χ1n) is 10.00. The van der Waals surface area contributed by atoms with Crippen LogP contribution in [-0.4, -0.2) is 36.0 Å². The second kappa shape index (κ2) is 5.26. The molecule has 1 N–H and O–H groups in total. The Kier molecular flexibility index (Phi) is 3.41. The van der Waals surface area contributed by atoms with Crippen molar-refractivity contribution in [1.29, 1.82) is 0 Å². The first-order chi connectivity index (χ1) is 12.0. The molecule has 4 nitrogen and oxygen atoms in total. The highest BCUT2D eigenvalue weighted by Crippen LogP contribution is 2.68. The largest absolute Gasteiger partial charge is 0.389 e. The third-order valence-corrected chi connectivity index (χ3v) is 8.78. The van der Waals surface area contributed by atoms with Crippen LogP contribution in [0.25, 0.3) is 0 Å². The molecule has 25 heavy (non-hydrogen) atoms. The van der Waals surface area contributed by atoms with Gasteiger partial charge in [0.25, 0.3) is 0 Å². The fourth-order valence-corrected chi connectivity index (χ4v) is 7.68. The first-order valence-corrected chi connectivity index (χ1v) is 10.00. The Morgan fingerprint density at radius 2 is 2.12 bits per heavy atom. The van der Waals surface area contributed by atoms with Crippen LogP contribution in [0.5, 0.6) is 0 Å². The van der Waals surface area contributed by atoms with E-state index in [0.717, 1.165) is 45.1 Å². The molecule has 1 aliphatic heterocycles. The summed E-state index contributed by atoms with van der Waals surface area (Å²) >= 11 is 0. The summed E-state index contributed by atoms with van der Waals surface area (Å²) in [6, 6.07) is 0. The van der Waals surface area contributed by atoms with E-state index in [4.69, 9.17) is 4.74 Å². The quantitative estimate of drug-likeness (QED) is 0.836. The molecule has 1 saturated heterocycles. The SMILES string of the molecule is C[C@]12CC[C@H]3[C@@H](C[C@H]4OC[C@@]35CCC(=O)C=C45)[C@@H]1CC[C@@H]2C(=O)CO. The average molecular weight is 344 g/mol. The van der Waals surface area contributed by atoms with E-state index in [0.29, 0.717) is 24.2 Å². The monoisotopic (exact) mass is 344 g/mol. The summed E-state index contributed by atoms with van der Waals surface area (Å²) in [5, 5.41) is 9.40. The molecule has 0 radical (unpaired) electrons. The van der Waals surface area contributed by atoms with E-state index in [1.807, 2.05) is 6.08 Å². The van der Waals surface area contributed by atoms with E-state index in [9.17, 15) is 14.7 Å². The van der Waals surface area contributed by atoms with Gasteiger partial charge in [-0.05, 0) is 73.3 Å². The number of hydrogen-bond acceptors (Lipinski definition) is 4. The number of hydrogen-bond donors (Lipinski definition) is 1. The third-order valence-electron chi connectivity index (χ3n) is 8.78. The minimum absolute atomic E-state index is 0.0318. The maximum absolute atomic E-state index is 12.3. The van der Waals surface area contributed by atoms with Gasteiger partial charge in [-0.2, -0.15) is 0 Å². The highest BCUT2D eigenvalue weighted by Gasteiger charge is 2.64. The molecule has 0 amide bonds. The van der Waals surface area contributed by atoms with Crippen molar-refractivity contribution in [2.75, 3.05) is 13.2 Å². The van der Waals surface area contributed by atoms with Crippen molar-refractivity contribution >= 4 is 11.6 Å². The predicted octanol–water partition coefficient (Wildman–Crippen LogP) is 2.68. The van der Waals surface area contributed by atoms with E-state index < -0.39 is 0 Å². The summed E-state index contributed by atoms with van der Waals surface area (Å²) in [7, 11) is 0. The number of aliphatic hydroxyl groups is 1. The van der Waals surface area contributed by atoms with E-state index >= 15 is 0 Å². The summed E-state index contributed by atoms with van der Waals surface area (Å²) in [5.41, 5.74) is 1.44. The third kappa shape index (κ3) is 1.96. The zero-order valence-corrected chi connectivity index (χ0v) is 15.0. The number of ketones is 2. The highest BCUT2D eigenvalue weighted by atomic mass is 16.5. The maximum Gasteiger partial charge on any atom is 0.161 e. The summed E-state index contributed by atoms with van der Waals surface area (Å²) < 4.78 is 6.20. The molecule has 4 heteroatoms. The highest BCUT2D eigenvalue weighted by molar-refractivity contribution is 5.92. The van der Waals surface area contributed by atoms with Crippen molar-refractivity contribution in [3.05, 3.63) is 11.6 Å². The second-order valence-electron chi connectivity index (χ2n) is 9.43. The zero-order valence-electron chi connectivity index (χ0n) is 15.0. The Labute approximate surface area is 149 Å². The van der Waals surface area contributed by atoms with Gasteiger partial charge in [0.15, 0.2) is 11.6 Å². The van der Waals surface area contributed by atoms with Gasteiger partial charge >= 0.3 is 0 Å². The normalized spacial score (nSPS) is 50.7. The average Bonchev–Trinajstić information content (AvgIpc) is 3.08. The van der Waals surface area contributed by atoms with Crippen LogP contribution in [0.1, 0.15) is 51.9 Å². The molecular formula is C21H28O4. The molecule has 4 fully saturated rings. The minimum Gasteiger partial charge on any atom is -0.389 e. The molecular weight excluding hydrogens is 316 g/mol. The number of aliphatic hydroxyl groups excluding tert-OH is 1. The molecule has 0 spiro atoms. The van der Waals surface area contributed by atoms with E-state index in [1.165, 1.54) is 5.57 Å². The first kappa shape index (κ1) is 16.2.